The van der Waals surface area contributed by atoms with Gasteiger partial charge >= 0.3 is 11.9 Å². The van der Waals surface area contributed by atoms with Crippen LogP contribution in [0.3, 0.4) is 0 Å². The summed E-state index contributed by atoms with van der Waals surface area (Å²) >= 11 is 0. The molecule has 9 heteroatoms. The lowest BCUT2D eigenvalue weighted by Crippen LogP contribution is -2.26. The van der Waals surface area contributed by atoms with Gasteiger partial charge in [-0.3, -0.25) is 9.67 Å². The van der Waals surface area contributed by atoms with E-state index < -0.39 is 11.9 Å². The second kappa shape index (κ2) is 9.76. The van der Waals surface area contributed by atoms with Crippen molar-refractivity contribution in [1.82, 2.24) is 15.1 Å². The number of carboxylic acids is 2. The number of hydrogen-bond acceptors (Lipinski definition) is 6. The Labute approximate surface area is 156 Å². The summed E-state index contributed by atoms with van der Waals surface area (Å²) in [5, 5.41) is 26.5. The number of nitrogens with zero attached hydrogens (tertiary/aromatic N) is 3. The first-order chi connectivity index (χ1) is 13.0. The fraction of sp³-hybridized carbons (Fsp3) is 0.222. The smallest absolute Gasteiger partial charge is 0.328 e. The van der Waals surface area contributed by atoms with Crippen LogP contribution in [0, 0.1) is 0 Å². The molecule has 0 spiro atoms. The normalized spacial score (nSPS) is 12.7. The summed E-state index contributed by atoms with van der Waals surface area (Å²) in [6.07, 6.45) is 5.02. The summed E-state index contributed by atoms with van der Waals surface area (Å²) in [5.74, 6) is -1.49. The SMILES string of the molecule is Cn1cc(-c2ccccc2NCC2=NCCN2)cn1.O=C(O)/C=C/C(=O)O. The number of aliphatic imine (C=N–C) groups is 1. The molecule has 0 unspecified atom stereocenters. The minimum atomic E-state index is -1.26. The maximum atomic E-state index is 9.55. The number of nitrogens with one attached hydrogen (secondary N) is 2. The van der Waals surface area contributed by atoms with Crippen molar-refractivity contribution in [1.29, 1.82) is 0 Å². The summed E-state index contributed by atoms with van der Waals surface area (Å²) in [5.41, 5.74) is 3.38. The van der Waals surface area contributed by atoms with Crippen LogP contribution in [0.5, 0.6) is 0 Å². The molecule has 1 aromatic carbocycles. The fourth-order valence-corrected chi connectivity index (χ4v) is 2.34. The number of aromatic nitrogens is 2. The van der Waals surface area contributed by atoms with Crippen molar-refractivity contribution in [3.05, 3.63) is 48.8 Å². The number of para-hydroxylation sites is 1. The van der Waals surface area contributed by atoms with Crippen LogP contribution in [0.15, 0.2) is 53.8 Å². The molecule has 0 radical (unpaired) electrons. The van der Waals surface area contributed by atoms with Gasteiger partial charge in [0.2, 0.25) is 0 Å². The second-order valence-electron chi connectivity index (χ2n) is 5.57. The third-order valence-corrected chi connectivity index (χ3v) is 3.50. The first-order valence-corrected chi connectivity index (χ1v) is 8.18. The Morgan fingerprint density at radius 3 is 2.52 bits per heavy atom. The van der Waals surface area contributed by atoms with Gasteiger partial charge in [0.15, 0.2) is 0 Å². The molecule has 3 rings (SSSR count). The van der Waals surface area contributed by atoms with Gasteiger partial charge in [-0.1, -0.05) is 18.2 Å². The molecule has 1 aliphatic heterocycles. The van der Waals surface area contributed by atoms with E-state index in [4.69, 9.17) is 10.2 Å². The number of carboxylic acid groups (broad SMARTS) is 2. The van der Waals surface area contributed by atoms with Crippen molar-refractivity contribution in [3.63, 3.8) is 0 Å². The van der Waals surface area contributed by atoms with Crippen LogP contribution in [0.1, 0.15) is 0 Å². The van der Waals surface area contributed by atoms with Crippen LogP contribution < -0.4 is 10.6 Å². The molecule has 0 saturated carbocycles. The number of aryl methyl sites for hydroxylation is 1. The zero-order valence-electron chi connectivity index (χ0n) is 14.8. The van der Waals surface area contributed by atoms with Crippen LogP contribution >= 0.6 is 0 Å². The molecule has 0 amide bonds. The predicted molar refractivity (Wildman–Crippen MR) is 102 cm³/mol. The predicted octanol–water partition coefficient (Wildman–Crippen LogP) is 1.21. The third-order valence-electron chi connectivity index (χ3n) is 3.50. The summed E-state index contributed by atoms with van der Waals surface area (Å²) in [4.78, 5) is 23.5. The van der Waals surface area contributed by atoms with Gasteiger partial charge in [-0.2, -0.15) is 5.10 Å². The van der Waals surface area contributed by atoms with E-state index in [2.05, 4.69) is 32.9 Å². The lowest BCUT2D eigenvalue weighted by atomic mass is 10.1. The van der Waals surface area contributed by atoms with E-state index in [0.29, 0.717) is 12.2 Å². The van der Waals surface area contributed by atoms with Gasteiger partial charge in [-0.25, -0.2) is 9.59 Å². The monoisotopic (exact) mass is 371 g/mol. The first-order valence-electron chi connectivity index (χ1n) is 8.18. The minimum absolute atomic E-state index is 0.558. The van der Waals surface area contributed by atoms with Crippen molar-refractivity contribution < 1.29 is 19.8 Å². The molecule has 142 valence electrons. The van der Waals surface area contributed by atoms with Crippen molar-refractivity contribution in [2.45, 2.75) is 0 Å². The molecule has 2 aromatic rings. The Kier molecular flexibility index (Phi) is 7.12. The molecule has 1 aliphatic rings. The van der Waals surface area contributed by atoms with Gasteiger partial charge in [0.1, 0.15) is 5.84 Å². The van der Waals surface area contributed by atoms with Crippen molar-refractivity contribution >= 4 is 23.5 Å². The Hall–Kier alpha value is -3.62. The third kappa shape index (κ3) is 6.65. The minimum Gasteiger partial charge on any atom is -0.478 e. The van der Waals surface area contributed by atoms with Gasteiger partial charge in [-0.05, 0) is 6.07 Å². The standard InChI is InChI=1S/C14H17N5.C4H4O4/c1-19-10-11(8-18-19)12-4-2-3-5-13(12)17-9-14-15-6-7-16-14;5-3(6)1-2-4(7)8/h2-5,8,10,17H,6-7,9H2,1H3,(H,15,16);1-2H,(H,5,6)(H,7,8)/b;2-1+. The Balaban J connectivity index is 0.000000279. The number of amidine groups is 1. The highest BCUT2D eigenvalue weighted by atomic mass is 16.4. The highest BCUT2D eigenvalue weighted by Gasteiger charge is 2.08. The highest BCUT2D eigenvalue weighted by Crippen LogP contribution is 2.26. The second-order valence-corrected chi connectivity index (χ2v) is 5.57. The average Bonchev–Trinajstić information content (AvgIpc) is 3.30. The number of benzene rings is 1. The van der Waals surface area contributed by atoms with Crippen LogP contribution in [0.4, 0.5) is 5.69 Å². The number of aliphatic carboxylic acids is 2. The molecule has 0 bridgehead atoms. The maximum absolute atomic E-state index is 9.55. The van der Waals surface area contributed by atoms with Crippen LogP contribution in [-0.2, 0) is 16.6 Å². The largest absolute Gasteiger partial charge is 0.478 e. The molecule has 0 aliphatic carbocycles. The lowest BCUT2D eigenvalue weighted by molar-refractivity contribution is -0.134. The zero-order valence-corrected chi connectivity index (χ0v) is 14.8. The fourth-order valence-electron chi connectivity index (χ4n) is 2.34. The van der Waals surface area contributed by atoms with Gasteiger partial charge in [0, 0.05) is 48.8 Å². The Morgan fingerprint density at radius 1 is 1.26 bits per heavy atom. The van der Waals surface area contributed by atoms with Gasteiger partial charge in [0.25, 0.3) is 0 Å². The maximum Gasteiger partial charge on any atom is 0.328 e. The molecule has 0 fully saturated rings. The van der Waals surface area contributed by atoms with E-state index in [9.17, 15) is 9.59 Å². The molecule has 27 heavy (non-hydrogen) atoms. The number of hydrogen-bond donors (Lipinski definition) is 4. The summed E-state index contributed by atoms with van der Waals surface area (Å²) in [6, 6.07) is 8.26. The topological polar surface area (TPSA) is 129 Å². The van der Waals surface area contributed by atoms with E-state index in [1.165, 1.54) is 0 Å². The summed E-state index contributed by atoms with van der Waals surface area (Å²) in [7, 11) is 1.93. The average molecular weight is 371 g/mol. The van der Waals surface area contributed by atoms with E-state index in [-0.39, 0.29) is 0 Å². The molecule has 0 saturated heterocycles. The van der Waals surface area contributed by atoms with Gasteiger partial charge in [0.05, 0.1) is 19.3 Å². The van der Waals surface area contributed by atoms with Gasteiger partial charge in [-0.15, -0.1) is 0 Å². The Morgan fingerprint density at radius 2 is 1.96 bits per heavy atom. The van der Waals surface area contributed by atoms with Crippen LogP contribution in [-0.4, -0.2) is 57.4 Å². The van der Waals surface area contributed by atoms with Crippen LogP contribution in [0.2, 0.25) is 0 Å². The Bertz CT molecular complexity index is 841. The lowest BCUT2D eigenvalue weighted by Gasteiger charge is -2.11. The molecular formula is C18H21N5O4. The molecule has 9 nitrogen and oxygen atoms in total. The number of carbonyl (C=O) groups is 2. The van der Waals surface area contributed by atoms with Crippen molar-refractivity contribution in [2.24, 2.45) is 12.0 Å². The summed E-state index contributed by atoms with van der Waals surface area (Å²) < 4.78 is 1.81. The van der Waals surface area contributed by atoms with E-state index >= 15 is 0 Å². The molecule has 4 N–H and O–H groups in total. The van der Waals surface area contributed by atoms with Gasteiger partial charge < -0.3 is 20.8 Å². The quantitative estimate of drug-likeness (QED) is 0.562. The zero-order chi connectivity index (χ0) is 19.6. The van der Waals surface area contributed by atoms with E-state index in [0.717, 1.165) is 42.3 Å². The molecule has 1 aromatic heterocycles. The number of rotatable bonds is 6. The molecule has 2 heterocycles. The first kappa shape index (κ1) is 19.7. The number of anilines is 1. The summed E-state index contributed by atoms with van der Waals surface area (Å²) in [6.45, 7) is 2.56. The van der Waals surface area contributed by atoms with Crippen LogP contribution in [0.25, 0.3) is 11.1 Å². The van der Waals surface area contributed by atoms with E-state index in [1.807, 2.05) is 36.3 Å². The van der Waals surface area contributed by atoms with Crippen molar-refractivity contribution in [3.8, 4) is 11.1 Å². The molecular weight excluding hydrogens is 350 g/mol. The highest BCUT2D eigenvalue weighted by molar-refractivity contribution is 5.90. The molecule has 0 atom stereocenters. The van der Waals surface area contributed by atoms with E-state index in [1.54, 1.807) is 0 Å². The van der Waals surface area contributed by atoms with Crippen molar-refractivity contribution in [2.75, 3.05) is 25.0 Å².